The van der Waals surface area contributed by atoms with Gasteiger partial charge in [0.15, 0.2) is 26.4 Å². The highest BCUT2D eigenvalue weighted by atomic mass is 19.4. The molecule has 0 rings (SSSR count). The third-order valence-corrected chi connectivity index (χ3v) is 6.45. The summed E-state index contributed by atoms with van der Waals surface area (Å²) in [5, 5.41) is 0. The minimum atomic E-state index is -6.57. The van der Waals surface area contributed by atoms with Crippen LogP contribution in [0.3, 0.4) is 0 Å². The molecule has 0 fully saturated rings. The number of alkyl halides is 27. The van der Waals surface area contributed by atoms with E-state index in [0.717, 1.165) is 13.3 Å². The van der Waals surface area contributed by atoms with E-state index in [1.54, 1.807) is 0 Å². The molecule has 37 heteroatoms. The lowest BCUT2D eigenvalue weighted by molar-refractivity contribution is -0.399. The molecule has 0 aromatic rings. The molecule has 0 saturated heterocycles. The minimum Gasteiger partial charge on any atom is -0.456 e. The maximum absolute atomic E-state index is 12.7. The van der Waals surface area contributed by atoms with Gasteiger partial charge in [-0.15, -0.1) is 6.58 Å². The van der Waals surface area contributed by atoms with Crippen LogP contribution in [0.25, 0.3) is 0 Å². The molecule has 0 amide bonds. The van der Waals surface area contributed by atoms with Gasteiger partial charge < -0.3 is 23.7 Å². The monoisotopic (exact) mass is 1180 g/mol. The predicted molar refractivity (Wildman–Crippen MR) is 205 cm³/mol. The summed E-state index contributed by atoms with van der Waals surface area (Å²) >= 11 is 0. The lowest BCUT2D eigenvalue weighted by Crippen LogP contribution is -2.59. The topological polar surface area (TPSA) is 132 Å². The van der Waals surface area contributed by atoms with Crippen molar-refractivity contribution < 1.29 is 166 Å². The fourth-order valence-corrected chi connectivity index (χ4v) is 2.14. The Kier molecular flexibility index (Phi) is 36.2. The van der Waals surface area contributed by atoms with Crippen LogP contribution in [0.5, 0.6) is 0 Å². The zero-order valence-electron chi connectivity index (χ0n) is 38.6. The Morgan fingerprint density at radius 1 is 0.434 bits per heavy atom. The Morgan fingerprint density at radius 2 is 0.711 bits per heavy atom. The van der Waals surface area contributed by atoms with E-state index in [2.05, 4.69) is 70.1 Å². The number of carbonyl (C=O) groups is 5. The fraction of sp³-hybridized carbons (Fsp3) is 0.564. The first kappa shape index (κ1) is 81.3. The SMILES string of the molecule is C=C(C)C(=O)OC(F)(F)C(F)(F)C(F)(F)C(F)F.C=C(C)C(=O)OCC(F)(F)C(F)F.C=C(C)CC.C=CC(=O)OCC(F)(F)C(F)(F)C(F)(F)C(F)F.C=CC(=O)OCC(F)(F)C(F)F.C=CC(=O)OCC(F)(F)F. The van der Waals surface area contributed by atoms with Gasteiger partial charge in [-0.3, -0.25) is 0 Å². The third kappa shape index (κ3) is 31.1. The molecule has 76 heavy (non-hydrogen) atoms. The van der Waals surface area contributed by atoms with Crippen molar-refractivity contribution in [1.29, 1.82) is 0 Å². The Hall–Kier alpha value is -6.10. The standard InChI is InChI=1S/2C8H6F8O2.C7H8F4O2.C6H6F4O2.C5H5F3O2.C5H10/c1-3(2)4(17)18-8(15,16)7(13,14)6(11,12)5(9)10;1-2-4(17)18-3-6(11,12)8(15,16)7(13,14)5(9)10;1-4(2)5(12)13-3-7(10,11)6(8)9;1-2-4(11)12-3-6(9,10)5(7)8;1-2-4(9)10-3-5(6,7)8;1-4-5(2)3/h5H,1H2,2H3;2,5H,1,3H2;6H,1,3H2,2H3;2,5H,1,3H2;2H,1,3H2;2,4H2,1,3H3. The molecule has 0 radical (unpaired) electrons. The summed E-state index contributed by atoms with van der Waals surface area (Å²) in [5.41, 5.74) is 0.334. The molecule has 0 aromatic carbocycles. The van der Waals surface area contributed by atoms with Gasteiger partial charge in [0, 0.05) is 29.4 Å². The lowest BCUT2D eigenvalue weighted by atomic mass is 10.1. The van der Waals surface area contributed by atoms with Crippen molar-refractivity contribution in [3.8, 4) is 0 Å². The van der Waals surface area contributed by atoms with E-state index in [-0.39, 0.29) is 5.57 Å². The molecule has 0 saturated carbocycles. The normalized spacial score (nSPS) is 12.1. The van der Waals surface area contributed by atoms with Crippen molar-refractivity contribution in [3.63, 3.8) is 0 Å². The quantitative estimate of drug-likeness (QED) is 0.0339. The van der Waals surface area contributed by atoms with E-state index >= 15 is 0 Å². The smallest absolute Gasteiger partial charge is 0.456 e. The van der Waals surface area contributed by atoms with Gasteiger partial charge in [0.25, 0.3) is 0 Å². The van der Waals surface area contributed by atoms with E-state index in [4.69, 9.17) is 0 Å². The molecular formula is C39H41F27O10. The molecule has 10 nitrogen and oxygen atoms in total. The van der Waals surface area contributed by atoms with Crippen molar-refractivity contribution in [1.82, 2.24) is 0 Å². The molecule has 0 aliphatic carbocycles. The van der Waals surface area contributed by atoms with E-state index in [1.165, 1.54) is 12.5 Å². The van der Waals surface area contributed by atoms with Crippen LogP contribution in [-0.4, -0.2) is 136 Å². The Balaban J connectivity index is -0.000000200. The van der Waals surface area contributed by atoms with Crippen LogP contribution in [0.1, 0.15) is 34.1 Å². The molecule has 0 aliphatic rings. The van der Waals surface area contributed by atoms with Gasteiger partial charge >= 0.3 is 109 Å². The van der Waals surface area contributed by atoms with Crippen LogP contribution in [0.4, 0.5) is 119 Å². The number of ether oxygens (including phenoxy) is 5. The van der Waals surface area contributed by atoms with Gasteiger partial charge in [-0.2, -0.15) is 83.4 Å². The van der Waals surface area contributed by atoms with Crippen molar-refractivity contribution in [2.45, 2.75) is 114 Å². The molecule has 446 valence electrons. The molecule has 0 aliphatic heterocycles. The first-order valence-electron chi connectivity index (χ1n) is 18.5. The van der Waals surface area contributed by atoms with Crippen LogP contribution >= 0.6 is 0 Å². The largest absolute Gasteiger partial charge is 0.473 e. The number of carbonyl (C=O) groups excluding carboxylic acids is 5. The van der Waals surface area contributed by atoms with Gasteiger partial charge in [0.1, 0.15) is 0 Å². The zero-order valence-corrected chi connectivity index (χ0v) is 38.6. The maximum Gasteiger partial charge on any atom is 0.473 e. The van der Waals surface area contributed by atoms with Crippen LogP contribution < -0.4 is 0 Å². The van der Waals surface area contributed by atoms with E-state index in [9.17, 15) is 143 Å². The highest BCUT2D eigenvalue weighted by Crippen LogP contribution is 2.50. The van der Waals surface area contributed by atoms with Crippen molar-refractivity contribution >= 4 is 29.8 Å². The number of rotatable bonds is 22. The first-order chi connectivity index (χ1) is 33.6. The maximum atomic E-state index is 12.7. The van der Waals surface area contributed by atoms with Gasteiger partial charge in [0.05, 0.1) is 0 Å². The van der Waals surface area contributed by atoms with Gasteiger partial charge in [-0.25, -0.2) is 59.1 Å². The molecule has 0 atom stereocenters. The summed E-state index contributed by atoms with van der Waals surface area (Å²) in [5.74, 6) is -46.9. The number of hydrogen-bond acceptors (Lipinski definition) is 10. The second kappa shape index (κ2) is 33.8. The Morgan fingerprint density at radius 3 is 0.961 bits per heavy atom. The summed E-state index contributed by atoms with van der Waals surface area (Å²) in [6, 6.07) is 0. The second-order valence-corrected chi connectivity index (χ2v) is 13.2. The van der Waals surface area contributed by atoms with Gasteiger partial charge in [-0.05, 0) is 27.2 Å². The highest BCUT2D eigenvalue weighted by Gasteiger charge is 2.78. The van der Waals surface area contributed by atoms with Crippen LogP contribution in [0.2, 0.25) is 0 Å². The van der Waals surface area contributed by atoms with E-state index in [0.29, 0.717) is 18.2 Å². The minimum absolute atomic E-state index is 0.120. The molecule has 0 unspecified atom stereocenters. The van der Waals surface area contributed by atoms with E-state index in [1.807, 2.05) is 6.92 Å². The Bertz CT molecular complexity index is 1890. The summed E-state index contributed by atoms with van der Waals surface area (Å²) in [6.07, 6.45) is -25.6. The van der Waals surface area contributed by atoms with Gasteiger partial charge in [0.2, 0.25) is 0 Å². The van der Waals surface area contributed by atoms with Crippen molar-refractivity contribution in [2.24, 2.45) is 0 Å². The summed E-state index contributed by atoms with van der Waals surface area (Å²) < 4.78 is 342. The van der Waals surface area contributed by atoms with Crippen LogP contribution in [-0.2, 0) is 47.7 Å². The Labute approximate surface area is 410 Å². The second-order valence-electron chi connectivity index (χ2n) is 13.2. The highest BCUT2D eigenvalue weighted by molar-refractivity contribution is 5.87. The molecule has 0 spiro atoms. The van der Waals surface area contributed by atoms with Crippen LogP contribution in [0, 0.1) is 0 Å². The van der Waals surface area contributed by atoms with Crippen LogP contribution in [0.15, 0.2) is 74.4 Å². The fourth-order valence-electron chi connectivity index (χ4n) is 2.14. The molecule has 0 heterocycles. The number of hydrogen-bond donors (Lipinski definition) is 0. The molecule has 0 N–H and O–H groups in total. The zero-order chi connectivity index (χ0) is 62.6. The number of allylic oxidation sites excluding steroid dienone is 1. The lowest BCUT2D eigenvalue weighted by Gasteiger charge is -2.31. The predicted octanol–water partition coefficient (Wildman–Crippen LogP) is 13.0. The summed E-state index contributed by atoms with van der Waals surface area (Å²) in [7, 11) is 0. The molecule has 0 bridgehead atoms. The number of halogens is 27. The van der Waals surface area contributed by atoms with Gasteiger partial charge in [-0.1, -0.05) is 45.4 Å². The molecule has 0 aromatic heterocycles. The molecular weight excluding hydrogens is 1140 g/mol. The first-order valence-corrected chi connectivity index (χ1v) is 18.5. The summed E-state index contributed by atoms with van der Waals surface area (Å²) in [4.78, 5) is 51.5. The van der Waals surface area contributed by atoms with Crippen molar-refractivity contribution in [2.75, 3.05) is 26.4 Å². The average molecular weight is 1180 g/mol. The summed E-state index contributed by atoms with van der Waals surface area (Å²) in [6.45, 7) is 16.9. The average Bonchev–Trinajstić information content (AvgIpc) is 3.28. The van der Waals surface area contributed by atoms with E-state index < -0.39 is 141 Å². The number of esters is 5. The third-order valence-electron chi connectivity index (χ3n) is 6.45. The van der Waals surface area contributed by atoms with Crippen molar-refractivity contribution in [3.05, 3.63) is 74.4 Å².